The smallest absolute Gasteiger partial charge is 0.368 e. The summed E-state index contributed by atoms with van der Waals surface area (Å²) in [6.45, 7) is 9.60. The van der Waals surface area contributed by atoms with E-state index in [9.17, 15) is 4.79 Å². The molecule has 0 N–H and O–H groups in total. The minimum Gasteiger partial charge on any atom is -0.475 e. The first-order valence-electron chi connectivity index (χ1n) is 9.44. The highest BCUT2D eigenvalue weighted by Crippen LogP contribution is 2.18. The van der Waals surface area contributed by atoms with Crippen molar-refractivity contribution in [2.75, 3.05) is 0 Å². The van der Waals surface area contributed by atoms with Crippen LogP contribution in [0.4, 0.5) is 0 Å². The van der Waals surface area contributed by atoms with Crippen molar-refractivity contribution in [3.63, 3.8) is 0 Å². The molecule has 0 saturated carbocycles. The number of rotatable bonds is 7. The van der Waals surface area contributed by atoms with Crippen molar-refractivity contribution in [2.24, 2.45) is 17.3 Å². The van der Waals surface area contributed by atoms with Gasteiger partial charge in [0.05, 0.1) is 11.4 Å². The number of aryl methyl sites for hydroxylation is 2. The number of hydrogen-bond acceptors (Lipinski definition) is 7. The lowest BCUT2D eigenvalue weighted by atomic mass is 10.1. The average molecular weight is 408 g/mol. The zero-order valence-electron chi connectivity index (χ0n) is 17.5. The van der Waals surface area contributed by atoms with E-state index in [1.807, 2.05) is 45.0 Å². The molecule has 0 saturated heterocycles. The summed E-state index contributed by atoms with van der Waals surface area (Å²) in [6.07, 6.45) is 3.95. The van der Waals surface area contributed by atoms with Crippen molar-refractivity contribution in [1.29, 1.82) is 0 Å². The minimum atomic E-state index is -0.328. The van der Waals surface area contributed by atoms with Crippen LogP contribution >= 0.6 is 0 Å². The van der Waals surface area contributed by atoms with Gasteiger partial charge in [-0.3, -0.25) is 0 Å². The second-order valence-electron chi connectivity index (χ2n) is 6.55. The molecule has 0 aliphatic carbocycles. The first-order chi connectivity index (χ1) is 14.4. The Bertz CT molecular complexity index is 1170. The van der Waals surface area contributed by atoms with E-state index in [1.54, 1.807) is 24.1 Å². The third kappa shape index (κ3) is 4.43. The number of ether oxygens (including phenoxy) is 1. The van der Waals surface area contributed by atoms with E-state index in [-0.39, 0.29) is 12.3 Å². The van der Waals surface area contributed by atoms with Crippen LogP contribution in [0.25, 0.3) is 11.9 Å². The fourth-order valence-corrected chi connectivity index (χ4v) is 2.71. The maximum atomic E-state index is 12.3. The second-order valence-corrected chi connectivity index (χ2v) is 6.55. The molecule has 0 aliphatic rings. The summed E-state index contributed by atoms with van der Waals surface area (Å²) < 4.78 is 9.95. The van der Waals surface area contributed by atoms with Gasteiger partial charge in [0.15, 0.2) is 0 Å². The molecule has 1 aromatic carbocycles. The second kappa shape index (κ2) is 9.12. The normalized spacial score (nSPS) is 12.3. The van der Waals surface area contributed by atoms with Gasteiger partial charge in [0.1, 0.15) is 12.3 Å². The molecule has 30 heavy (non-hydrogen) atoms. The predicted octanol–water partition coefficient (Wildman–Crippen LogP) is 2.32. The summed E-state index contributed by atoms with van der Waals surface area (Å²) in [5.74, 6) is 0.471. The highest BCUT2D eigenvalue weighted by Gasteiger charge is 2.14. The quantitative estimate of drug-likeness (QED) is 0.339. The Morgan fingerprint density at radius 3 is 2.70 bits per heavy atom. The predicted molar refractivity (Wildman–Crippen MR) is 115 cm³/mol. The van der Waals surface area contributed by atoms with Crippen molar-refractivity contribution in [3.05, 3.63) is 64.3 Å². The van der Waals surface area contributed by atoms with E-state index in [0.29, 0.717) is 29.4 Å². The topological polar surface area (TPSA) is 104 Å². The van der Waals surface area contributed by atoms with E-state index >= 15 is 0 Å². The van der Waals surface area contributed by atoms with E-state index in [2.05, 4.69) is 32.3 Å². The molecule has 10 heteroatoms. The molecule has 0 atom stereocenters. The zero-order valence-corrected chi connectivity index (χ0v) is 17.5. The summed E-state index contributed by atoms with van der Waals surface area (Å²) in [4.78, 5) is 12.3. The molecule has 0 amide bonds. The summed E-state index contributed by atoms with van der Waals surface area (Å²) in [6, 6.07) is 7.45. The molecule has 0 radical (unpaired) electrons. The summed E-state index contributed by atoms with van der Waals surface area (Å²) >= 11 is 0. The van der Waals surface area contributed by atoms with Gasteiger partial charge in [-0.05, 0) is 42.0 Å². The van der Waals surface area contributed by atoms with Crippen molar-refractivity contribution in [2.45, 2.75) is 33.8 Å². The van der Waals surface area contributed by atoms with Crippen molar-refractivity contribution in [3.8, 4) is 5.69 Å². The standard InChI is InChI=1S/C20H24N8O2/c1-6-19(22-21-15(4)17-11-12-27(7-2)23-17)30-13-16-14(3)9-8-10-18(16)28-20(29)26(5)24-25-28/h7-12H,2,6,13H2,1,3-5H3/b21-15?,22-19-. The van der Waals surface area contributed by atoms with Crippen LogP contribution in [0.15, 0.2) is 52.0 Å². The van der Waals surface area contributed by atoms with Crippen LogP contribution in [0.3, 0.4) is 0 Å². The molecule has 0 fully saturated rings. The van der Waals surface area contributed by atoms with Gasteiger partial charge in [0, 0.05) is 31.4 Å². The molecule has 3 rings (SSSR count). The lowest BCUT2D eigenvalue weighted by Gasteiger charge is -2.13. The molecule has 156 valence electrons. The van der Waals surface area contributed by atoms with Gasteiger partial charge in [-0.25, -0.2) is 9.48 Å². The van der Waals surface area contributed by atoms with Gasteiger partial charge in [-0.1, -0.05) is 25.6 Å². The van der Waals surface area contributed by atoms with E-state index < -0.39 is 0 Å². The van der Waals surface area contributed by atoms with Gasteiger partial charge < -0.3 is 4.74 Å². The molecule has 0 aliphatic heterocycles. The van der Waals surface area contributed by atoms with Crippen molar-refractivity contribution < 1.29 is 4.74 Å². The Hall–Kier alpha value is -3.82. The highest BCUT2D eigenvalue weighted by atomic mass is 16.5. The number of aromatic nitrogens is 6. The van der Waals surface area contributed by atoms with Crippen LogP contribution in [0, 0.1) is 6.92 Å². The summed E-state index contributed by atoms with van der Waals surface area (Å²) in [5, 5.41) is 20.5. The minimum absolute atomic E-state index is 0.220. The Morgan fingerprint density at radius 2 is 2.07 bits per heavy atom. The molecular formula is C20H24N8O2. The van der Waals surface area contributed by atoms with Crippen LogP contribution in [0.2, 0.25) is 0 Å². The first-order valence-corrected chi connectivity index (χ1v) is 9.44. The van der Waals surface area contributed by atoms with Gasteiger partial charge in [0.2, 0.25) is 5.90 Å². The monoisotopic (exact) mass is 408 g/mol. The zero-order chi connectivity index (χ0) is 21.7. The molecule has 0 unspecified atom stereocenters. The molecule has 0 spiro atoms. The number of hydrogen-bond donors (Lipinski definition) is 0. The van der Waals surface area contributed by atoms with Crippen molar-refractivity contribution >= 4 is 17.8 Å². The van der Waals surface area contributed by atoms with Crippen LogP contribution in [0.5, 0.6) is 0 Å². The van der Waals surface area contributed by atoms with Crippen LogP contribution in [0.1, 0.15) is 37.1 Å². The lowest BCUT2D eigenvalue weighted by molar-refractivity contribution is 0.282. The highest BCUT2D eigenvalue weighted by molar-refractivity contribution is 5.97. The van der Waals surface area contributed by atoms with E-state index in [1.165, 1.54) is 9.36 Å². The fourth-order valence-electron chi connectivity index (χ4n) is 2.71. The fraction of sp³-hybridized carbons (Fsp3) is 0.300. The number of tetrazole rings is 1. The number of nitrogens with zero attached hydrogens (tertiary/aromatic N) is 8. The maximum Gasteiger partial charge on any atom is 0.368 e. The third-order valence-corrected chi connectivity index (χ3v) is 4.50. The number of benzene rings is 1. The van der Waals surface area contributed by atoms with E-state index in [4.69, 9.17) is 4.74 Å². The molecule has 10 nitrogen and oxygen atoms in total. The third-order valence-electron chi connectivity index (χ3n) is 4.50. The van der Waals surface area contributed by atoms with Crippen LogP contribution in [-0.4, -0.2) is 41.2 Å². The molecular weight excluding hydrogens is 384 g/mol. The van der Waals surface area contributed by atoms with Crippen LogP contribution in [-0.2, 0) is 18.4 Å². The SMILES string of the molecule is C=Cn1ccc(C(C)=N/N=C(/CC)OCc2c(C)cccc2-n2nnn(C)c2=O)n1. The molecule has 3 aromatic rings. The Kier molecular flexibility index (Phi) is 6.35. The Balaban J connectivity index is 1.82. The van der Waals surface area contributed by atoms with Gasteiger partial charge in [-0.15, -0.1) is 5.10 Å². The largest absolute Gasteiger partial charge is 0.475 e. The van der Waals surface area contributed by atoms with Crippen molar-refractivity contribution in [1.82, 2.24) is 29.6 Å². The van der Waals surface area contributed by atoms with E-state index in [0.717, 1.165) is 11.1 Å². The Morgan fingerprint density at radius 1 is 1.27 bits per heavy atom. The van der Waals surface area contributed by atoms with Crippen LogP contribution < -0.4 is 5.69 Å². The first kappa shape index (κ1) is 20.9. The average Bonchev–Trinajstić information content (AvgIpc) is 3.36. The molecule has 2 heterocycles. The van der Waals surface area contributed by atoms with Gasteiger partial charge >= 0.3 is 5.69 Å². The molecule has 2 aromatic heterocycles. The lowest BCUT2D eigenvalue weighted by Crippen LogP contribution is -2.23. The summed E-state index contributed by atoms with van der Waals surface area (Å²) in [5.41, 5.74) is 3.45. The maximum absolute atomic E-state index is 12.3. The van der Waals surface area contributed by atoms with Gasteiger partial charge in [-0.2, -0.15) is 19.6 Å². The molecule has 0 bridgehead atoms. The summed E-state index contributed by atoms with van der Waals surface area (Å²) in [7, 11) is 1.55. The Labute approximate surface area is 173 Å². The van der Waals surface area contributed by atoms with Gasteiger partial charge in [0.25, 0.3) is 0 Å².